The first-order valence-electron chi connectivity index (χ1n) is 10.4. The van der Waals surface area contributed by atoms with Crippen LogP contribution in [0, 0.1) is 6.92 Å². The van der Waals surface area contributed by atoms with Gasteiger partial charge in [-0.05, 0) is 26.2 Å². The van der Waals surface area contributed by atoms with Crippen LogP contribution < -0.4 is 0 Å². The Morgan fingerprint density at radius 1 is 1.11 bits per heavy atom. The van der Waals surface area contributed by atoms with Gasteiger partial charge in [-0.2, -0.15) is 4.98 Å². The molecule has 1 fully saturated rings. The monoisotopic (exact) mass is 369 g/mol. The van der Waals surface area contributed by atoms with Gasteiger partial charge < -0.3 is 9.42 Å². The molecule has 5 heteroatoms. The predicted molar refractivity (Wildman–Crippen MR) is 106 cm³/mol. The molecule has 5 nitrogen and oxygen atoms in total. The van der Waals surface area contributed by atoms with Crippen LogP contribution in [0.25, 0.3) is 11.4 Å². The lowest BCUT2D eigenvalue weighted by Gasteiger charge is -2.30. The van der Waals surface area contributed by atoms with Gasteiger partial charge in [0.15, 0.2) is 0 Å². The lowest BCUT2D eigenvalue weighted by Crippen LogP contribution is -2.37. The third-order valence-electron chi connectivity index (χ3n) is 5.44. The number of nitrogens with zero attached hydrogens (tertiary/aromatic N) is 3. The molecule has 2 heterocycles. The van der Waals surface area contributed by atoms with Crippen LogP contribution in [0.3, 0.4) is 0 Å². The van der Waals surface area contributed by atoms with Gasteiger partial charge >= 0.3 is 0 Å². The maximum absolute atomic E-state index is 12.4. The van der Waals surface area contributed by atoms with E-state index >= 15 is 0 Å². The number of carbonyl (C=O) groups excluding carboxylic acids is 1. The Morgan fingerprint density at radius 2 is 1.81 bits per heavy atom. The van der Waals surface area contributed by atoms with Gasteiger partial charge in [0, 0.05) is 31.0 Å². The molecule has 1 aliphatic rings. The van der Waals surface area contributed by atoms with E-state index in [0.29, 0.717) is 24.0 Å². The Labute approximate surface area is 162 Å². The van der Waals surface area contributed by atoms with Crippen molar-refractivity contribution < 1.29 is 9.32 Å². The van der Waals surface area contributed by atoms with Gasteiger partial charge in [0.2, 0.25) is 17.6 Å². The quantitative estimate of drug-likeness (QED) is 0.607. The molecular weight excluding hydrogens is 338 g/mol. The van der Waals surface area contributed by atoms with Crippen molar-refractivity contribution in [2.24, 2.45) is 0 Å². The molecule has 1 amide bonds. The summed E-state index contributed by atoms with van der Waals surface area (Å²) in [5.41, 5.74) is 2.19. The normalized spacial score (nSPS) is 15.3. The summed E-state index contributed by atoms with van der Waals surface area (Å²) in [6, 6.07) is 8.15. The lowest BCUT2D eigenvalue weighted by atomic mass is 9.96. The highest BCUT2D eigenvalue weighted by Crippen LogP contribution is 2.29. The highest BCUT2D eigenvalue weighted by Gasteiger charge is 2.27. The number of aromatic nitrogens is 2. The van der Waals surface area contributed by atoms with Crippen LogP contribution in [-0.2, 0) is 4.79 Å². The second-order valence-corrected chi connectivity index (χ2v) is 7.64. The molecule has 0 unspecified atom stereocenters. The topological polar surface area (TPSA) is 59.2 Å². The smallest absolute Gasteiger partial charge is 0.230 e. The Balaban J connectivity index is 1.46. The van der Waals surface area contributed by atoms with Gasteiger partial charge in [-0.15, -0.1) is 0 Å². The molecule has 1 aliphatic heterocycles. The van der Waals surface area contributed by atoms with Gasteiger partial charge in [-0.3, -0.25) is 4.79 Å². The van der Waals surface area contributed by atoms with Gasteiger partial charge in [-0.25, -0.2) is 0 Å². The summed E-state index contributed by atoms with van der Waals surface area (Å²) in [6.07, 6.45) is 8.42. The first-order valence-corrected chi connectivity index (χ1v) is 10.4. The van der Waals surface area contributed by atoms with E-state index in [1.54, 1.807) is 0 Å². The molecule has 0 radical (unpaired) electrons. The Hall–Kier alpha value is -2.17. The van der Waals surface area contributed by atoms with E-state index in [0.717, 1.165) is 37.9 Å². The second kappa shape index (κ2) is 9.67. The maximum Gasteiger partial charge on any atom is 0.230 e. The summed E-state index contributed by atoms with van der Waals surface area (Å²) in [5, 5.41) is 4.14. The minimum Gasteiger partial charge on any atom is -0.343 e. The average molecular weight is 370 g/mol. The van der Waals surface area contributed by atoms with Crippen molar-refractivity contribution in [1.29, 1.82) is 0 Å². The number of hydrogen-bond donors (Lipinski definition) is 0. The summed E-state index contributed by atoms with van der Waals surface area (Å²) in [6.45, 7) is 5.86. The molecule has 1 aromatic heterocycles. The van der Waals surface area contributed by atoms with Crippen LogP contribution in [0.4, 0.5) is 0 Å². The largest absolute Gasteiger partial charge is 0.343 e. The molecule has 0 bridgehead atoms. The molecule has 3 rings (SSSR count). The van der Waals surface area contributed by atoms with Crippen molar-refractivity contribution >= 4 is 5.91 Å². The fourth-order valence-corrected chi connectivity index (χ4v) is 3.63. The first-order chi connectivity index (χ1) is 13.2. The summed E-state index contributed by atoms with van der Waals surface area (Å²) in [5.74, 6) is 1.91. The summed E-state index contributed by atoms with van der Waals surface area (Å²) >= 11 is 0. The zero-order chi connectivity index (χ0) is 19.1. The molecule has 2 aromatic rings. The lowest BCUT2D eigenvalue weighted by molar-refractivity contribution is -0.132. The molecule has 0 N–H and O–H groups in total. The number of hydrogen-bond acceptors (Lipinski definition) is 4. The number of unbranched alkanes of at least 4 members (excludes halogenated alkanes) is 4. The van der Waals surface area contributed by atoms with E-state index in [1.807, 2.05) is 17.0 Å². The van der Waals surface area contributed by atoms with Gasteiger partial charge in [-0.1, -0.05) is 67.6 Å². The van der Waals surface area contributed by atoms with Crippen LogP contribution in [0.5, 0.6) is 0 Å². The van der Waals surface area contributed by atoms with Crippen LogP contribution in [0.1, 0.15) is 75.7 Å². The van der Waals surface area contributed by atoms with E-state index in [1.165, 1.54) is 31.2 Å². The van der Waals surface area contributed by atoms with Crippen molar-refractivity contribution in [2.75, 3.05) is 13.1 Å². The SMILES string of the molecule is CCCCCCCC(=O)N1CCC(c2nc(-c3ccc(C)cc3)no2)CC1. The average Bonchev–Trinajstić information content (AvgIpc) is 3.18. The van der Waals surface area contributed by atoms with Crippen molar-refractivity contribution in [3.05, 3.63) is 35.7 Å². The Kier molecular flexibility index (Phi) is 7.02. The van der Waals surface area contributed by atoms with Gasteiger partial charge in [0.05, 0.1) is 0 Å². The predicted octanol–water partition coefficient (Wildman–Crippen LogP) is 5.11. The van der Waals surface area contributed by atoms with Crippen molar-refractivity contribution in [1.82, 2.24) is 15.0 Å². The molecule has 0 spiro atoms. The van der Waals surface area contributed by atoms with Crippen molar-refractivity contribution in [3.8, 4) is 11.4 Å². The maximum atomic E-state index is 12.4. The number of amides is 1. The third-order valence-corrected chi connectivity index (χ3v) is 5.44. The van der Waals surface area contributed by atoms with Crippen LogP contribution in [0.15, 0.2) is 28.8 Å². The highest BCUT2D eigenvalue weighted by molar-refractivity contribution is 5.76. The molecule has 0 saturated carbocycles. The van der Waals surface area contributed by atoms with Crippen LogP contribution >= 0.6 is 0 Å². The molecule has 1 saturated heterocycles. The van der Waals surface area contributed by atoms with E-state index in [-0.39, 0.29) is 5.92 Å². The molecule has 27 heavy (non-hydrogen) atoms. The van der Waals surface area contributed by atoms with Crippen molar-refractivity contribution in [2.45, 2.75) is 71.1 Å². The number of benzene rings is 1. The standard InChI is InChI=1S/C22H31N3O2/c1-3-4-5-6-7-8-20(26)25-15-13-19(14-16-25)22-23-21(24-27-22)18-11-9-17(2)10-12-18/h9-12,19H,3-8,13-16H2,1-2H3. The molecular formula is C22H31N3O2. The summed E-state index contributed by atoms with van der Waals surface area (Å²) < 4.78 is 5.52. The minimum absolute atomic E-state index is 0.255. The van der Waals surface area contributed by atoms with Crippen LogP contribution in [0.2, 0.25) is 0 Å². The van der Waals surface area contributed by atoms with Crippen molar-refractivity contribution in [3.63, 3.8) is 0 Å². The number of carbonyl (C=O) groups is 1. The molecule has 146 valence electrons. The zero-order valence-electron chi connectivity index (χ0n) is 16.6. The van der Waals surface area contributed by atoms with Crippen LogP contribution in [-0.4, -0.2) is 34.0 Å². The molecule has 0 atom stereocenters. The molecule has 1 aromatic carbocycles. The number of rotatable bonds is 8. The number of piperidine rings is 1. The second-order valence-electron chi connectivity index (χ2n) is 7.64. The van der Waals surface area contributed by atoms with E-state index in [4.69, 9.17) is 4.52 Å². The van der Waals surface area contributed by atoms with E-state index in [2.05, 4.69) is 36.1 Å². The Bertz CT molecular complexity index is 715. The fourth-order valence-electron chi connectivity index (χ4n) is 3.63. The van der Waals surface area contributed by atoms with E-state index < -0.39 is 0 Å². The highest BCUT2D eigenvalue weighted by atomic mass is 16.5. The van der Waals surface area contributed by atoms with E-state index in [9.17, 15) is 4.79 Å². The fraction of sp³-hybridized carbons (Fsp3) is 0.591. The number of aryl methyl sites for hydroxylation is 1. The zero-order valence-corrected chi connectivity index (χ0v) is 16.6. The molecule has 0 aliphatic carbocycles. The first kappa shape index (κ1) is 19.6. The summed E-state index contributed by atoms with van der Waals surface area (Å²) in [4.78, 5) is 19.0. The Morgan fingerprint density at radius 3 is 2.52 bits per heavy atom. The minimum atomic E-state index is 0.255. The number of likely N-dealkylation sites (tertiary alicyclic amines) is 1. The summed E-state index contributed by atoms with van der Waals surface area (Å²) in [7, 11) is 0. The van der Waals surface area contributed by atoms with Gasteiger partial charge in [0.1, 0.15) is 0 Å². The third kappa shape index (κ3) is 5.41. The van der Waals surface area contributed by atoms with Gasteiger partial charge in [0.25, 0.3) is 0 Å².